The molecule has 0 aliphatic carbocycles. The van der Waals surface area contributed by atoms with Gasteiger partial charge in [0.1, 0.15) is 0 Å². The Hall–Kier alpha value is -2.38. The maximum Gasteiger partial charge on any atom is 0.0349 e. The molecule has 1 aromatic heterocycles. The first-order valence-electron chi connectivity index (χ1n) is 7.46. The van der Waals surface area contributed by atoms with Crippen LogP contribution in [0, 0.1) is 6.92 Å². The van der Waals surface area contributed by atoms with Gasteiger partial charge in [0.15, 0.2) is 0 Å². The molecule has 4 aromatic rings. The number of hydrogen-bond acceptors (Lipinski definition) is 1. The molecule has 0 aliphatic heterocycles. The average molecular weight is 300 g/mol. The van der Waals surface area contributed by atoms with Crippen LogP contribution >= 0.6 is 11.3 Å². The van der Waals surface area contributed by atoms with Crippen LogP contribution in [0.1, 0.15) is 5.56 Å². The van der Waals surface area contributed by atoms with Gasteiger partial charge in [0.25, 0.3) is 0 Å². The van der Waals surface area contributed by atoms with Crippen molar-refractivity contribution in [3.8, 4) is 20.9 Å². The summed E-state index contributed by atoms with van der Waals surface area (Å²) in [5.41, 5.74) is 3.89. The second-order valence-corrected chi connectivity index (χ2v) is 6.68. The lowest BCUT2D eigenvalue weighted by Gasteiger charge is -2.03. The Morgan fingerprint density at radius 2 is 1.27 bits per heavy atom. The van der Waals surface area contributed by atoms with Crippen LogP contribution in [0.5, 0.6) is 0 Å². The molecule has 0 saturated heterocycles. The first-order valence-corrected chi connectivity index (χ1v) is 8.27. The van der Waals surface area contributed by atoms with E-state index in [0.717, 1.165) is 0 Å². The Kier molecular flexibility index (Phi) is 3.28. The molecule has 0 nitrogen and oxygen atoms in total. The highest BCUT2D eigenvalue weighted by molar-refractivity contribution is 7.18. The van der Waals surface area contributed by atoms with Crippen LogP contribution in [-0.2, 0) is 0 Å². The molecule has 0 aliphatic rings. The van der Waals surface area contributed by atoms with E-state index in [-0.39, 0.29) is 0 Å². The maximum atomic E-state index is 2.29. The standard InChI is InChI=1S/C21H16S/c1-15-7-8-18-14-19(10-9-17(18)13-15)21-12-11-20(22-21)16-5-3-2-4-6-16/h2-14H,1H3. The number of hydrogen-bond donors (Lipinski definition) is 0. The zero-order valence-corrected chi connectivity index (χ0v) is 13.2. The van der Waals surface area contributed by atoms with Gasteiger partial charge in [-0.2, -0.15) is 0 Å². The van der Waals surface area contributed by atoms with Crippen molar-refractivity contribution in [2.24, 2.45) is 0 Å². The molecular weight excluding hydrogens is 284 g/mol. The first-order chi connectivity index (χ1) is 10.8. The topological polar surface area (TPSA) is 0 Å². The summed E-state index contributed by atoms with van der Waals surface area (Å²) in [6, 6.07) is 28.4. The highest BCUT2D eigenvalue weighted by Gasteiger charge is 2.05. The van der Waals surface area contributed by atoms with Crippen molar-refractivity contribution in [3.63, 3.8) is 0 Å². The first kappa shape index (κ1) is 13.3. The zero-order chi connectivity index (χ0) is 14.9. The summed E-state index contributed by atoms with van der Waals surface area (Å²) in [5, 5.41) is 2.61. The monoisotopic (exact) mass is 300 g/mol. The fourth-order valence-corrected chi connectivity index (χ4v) is 3.78. The van der Waals surface area contributed by atoms with E-state index < -0.39 is 0 Å². The molecule has 0 N–H and O–H groups in total. The molecule has 3 aromatic carbocycles. The molecule has 1 heteroatoms. The lowest BCUT2D eigenvalue weighted by Crippen LogP contribution is -1.77. The number of benzene rings is 3. The predicted molar refractivity (Wildman–Crippen MR) is 97.4 cm³/mol. The predicted octanol–water partition coefficient (Wildman–Crippen LogP) is 6.54. The molecule has 0 atom stereocenters. The van der Waals surface area contributed by atoms with Crippen LogP contribution in [0.15, 0.2) is 78.9 Å². The van der Waals surface area contributed by atoms with Crippen molar-refractivity contribution in [2.75, 3.05) is 0 Å². The Morgan fingerprint density at radius 1 is 0.591 bits per heavy atom. The van der Waals surface area contributed by atoms with Crippen LogP contribution in [0.2, 0.25) is 0 Å². The van der Waals surface area contributed by atoms with Gasteiger partial charge in [-0.3, -0.25) is 0 Å². The highest BCUT2D eigenvalue weighted by Crippen LogP contribution is 2.35. The lowest BCUT2D eigenvalue weighted by atomic mass is 10.0. The second-order valence-electron chi connectivity index (χ2n) is 5.60. The Morgan fingerprint density at radius 3 is 2.09 bits per heavy atom. The fourth-order valence-electron chi connectivity index (χ4n) is 2.77. The van der Waals surface area contributed by atoms with Gasteiger partial charge in [-0.25, -0.2) is 0 Å². The summed E-state index contributed by atoms with van der Waals surface area (Å²) in [4.78, 5) is 2.64. The molecule has 0 unspecified atom stereocenters. The van der Waals surface area contributed by atoms with Crippen LogP contribution in [0.25, 0.3) is 31.7 Å². The summed E-state index contributed by atoms with van der Waals surface area (Å²) >= 11 is 1.85. The number of aryl methyl sites for hydroxylation is 1. The second kappa shape index (κ2) is 5.43. The Balaban J connectivity index is 1.76. The lowest BCUT2D eigenvalue weighted by molar-refractivity contribution is 1.51. The van der Waals surface area contributed by atoms with E-state index in [0.29, 0.717) is 0 Å². The summed E-state index contributed by atoms with van der Waals surface area (Å²) < 4.78 is 0. The molecule has 0 spiro atoms. The molecule has 1 heterocycles. The minimum atomic E-state index is 1.29. The smallest absolute Gasteiger partial charge is 0.0349 e. The van der Waals surface area contributed by atoms with Crippen molar-refractivity contribution in [3.05, 3.63) is 84.4 Å². The number of rotatable bonds is 2. The summed E-state index contributed by atoms with van der Waals surface area (Å²) in [6.07, 6.45) is 0. The van der Waals surface area contributed by atoms with E-state index in [4.69, 9.17) is 0 Å². The van der Waals surface area contributed by atoms with E-state index in [2.05, 4.69) is 85.8 Å². The van der Waals surface area contributed by atoms with E-state index in [1.165, 1.54) is 37.2 Å². The van der Waals surface area contributed by atoms with Crippen LogP contribution in [-0.4, -0.2) is 0 Å². The third-order valence-electron chi connectivity index (χ3n) is 3.94. The van der Waals surface area contributed by atoms with Gasteiger partial charge < -0.3 is 0 Å². The van der Waals surface area contributed by atoms with Gasteiger partial charge in [-0.15, -0.1) is 11.3 Å². The normalized spacial score (nSPS) is 11.0. The molecule has 0 fully saturated rings. The van der Waals surface area contributed by atoms with Gasteiger partial charge in [0, 0.05) is 9.75 Å². The Bertz CT molecular complexity index is 932. The summed E-state index contributed by atoms with van der Waals surface area (Å²) in [6.45, 7) is 2.14. The van der Waals surface area contributed by atoms with Gasteiger partial charge in [0.2, 0.25) is 0 Å². The van der Waals surface area contributed by atoms with Gasteiger partial charge in [0.05, 0.1) is 0 Å². The molecule has 0 saturated carbocycles. The molecule has 0 amide bonds. The summed E-state index contributed by atoms with van der Waals surface area (Å²) in [7, 11) is 0. The zero-order valence-electron chi connectivity index (χ0n) is 12.4. The molecule has 4 rings (SSSR count). The van der Waals surface area contributed by atoms with Crippen molar-refractivity contribution >= 4 is 22.1 Å². The van der Waals surface area contributed by atoms with E-state index >= 15 is 0 Å². The third-order valence-corrected chi connectivity index (χ3v) is 5.13. The highest BCUT2D eigenvalue weighted by atomic mass is 32.1. The van der Waals surface area contributed by atoms with Crippen molar-refractivity contribution in [1.82, 2.24) is 0 Å². The van der Waals surface area contributed by atoms with Crippen LogP contribution in [0.3, 0.4) is 0 Å². The Labute approximate surface area is 134 Å². The SMILES string of the molecule is Cc1ccc2cc(-c3ccc(-c4ccccc4)s3)ccc2c1. The minimum absolute atomic E-state index is 1.29. The average Bonchev–Trinajstić information content (AvgIpc) is 3.05. The third kappa shape index (κ3) is 2.44. The number of thiophene rings is 1. The van der Waals surface area contributed by atoms with Crippen LogP contribution in [0.4, 0.5) is 0 Å². The van der Waals surface area contributed by atoms with Gasteiger partial charge in [-0.05, 0) is 47.0 Å². The molecule has 0 bridgehead atoms. The van der Waals surface area contributed by atoms with Crippen molar-refractivity contribution in [1.29, 1.82) is 0 Å². The van der Waals surface area contributed by atoms with E-state index in [1.807, 2.05) is 11.3 Å². The number of fused-ring (bicyclic) bond motifs is 1. The van der Waals surface area contributed by atoms with E-state index in [9.17, 15) is 0 Å². The van der Waals surface area contributed by atoms with Crippen molar-refractivity contribution in [2.45, 2.75) is 6.92 Å². The molecular formula is C21H16S. The molecule has 0 radical (unpaired) electrons. The van der Waals surface area contributed by atoms with E-state index in [1.54, 1.807) is 0 Å². The molecule has 22 heavy (non-hydrogen) atoms. The summed E-state index contributed by atoms with van der Waals surface area (Å²) in [5.74, 6) is 0. The van der Waals surface area contributed by atoms with Gasteiger partial charge >= 0.3 is 0 Å². The molecule has 106 valence electrons. The van der Waals surface area contributed by atoms with Crippen molar-refractivity contribution < 1.29 is 0 Å². The quantitative estimate of drug-likeness (QED) is 0.394. The van der Waals surface area contributed by atoms with Crippen LogP contribution < -0.4 is 0 Å². The fraction of sp³-hybridized carbons (Fsp3) is 0.0476. The van der Waals surface area contributed by atoms with Gasteiger partial charge in [-0.1, -0.05) is 66.2 Å². The largest absolute Gasteiger partial charge is 0.135 e. The maximum absolute atomic E-state index is 2.29. The minimum Gasteiger partial charge on any atom is -0.135 e.